The Bertz CT molecular complexity index is 424. The molecule has 0 bridgehead atoms. The molecule has 19 heavy (non-hydrogen) atoms. The molecule has 7 heteroatoms. The second kappa shape index (κ2) is 6.19. The monoisotopic (exact) mass is 289 g/mol. The molecule has 0 aliphatic carbocycles. The van der Waals surface area contributed by atoms with Crippen LogP contribution in [0.2, 0.25) is 0 Å². The molecule has 0 aromatic carbocycles. The molecule has 2 aliphatic rings. The Labute approximate surface area is 115 Å². The summed E-state index contributed by atoms with van der Waals surface area (Å²) in [7, 11) is -3.54. The Balaban J connectivity index is 2.01. The molecular weight excluding hydrogens is 266 g/mol. The van der Waals surface area contributed by atoms with E-state index in [0.717, 1.165) is 25.7 Å². The van der Waals surface area contributed by atoms with Gasteiger partial charge < -0.3 is 5.32 Å². The van der Waals surface area contributed by atoms with Crippen molar-refractivity contribution >= 4 is 16.1 Å². The number of carbonyl (C=O) groups is 1. The van der Waals surface area contributed by atoms with E-state index in [-0.39, 0.29) is 5.91 Å². The van der Waals surface area contributed by atoms with Crippen LogP contribution in [-0.2, 0) is 15.0 Å². The average molecular weight is 289 g/mol. The fourth-order valence-corrected chi connectivity index (χ4v) is 4.22. The summed E-state index contributed by atoms with van der Waals surface area (Å²) in [5.74, 6) is 0.180. The van der Waals surface area contributed by atoms with E-state index in [0.29, 0.717) is 32.0 Å². The summed E-state index contributed by atoms with van der Waals surface area (Å²) in [4.78, 5) is 11.8. The van der Waals surface area contributed by atoms with E-state index in [1.54, 1.807) is 0 Å². The molecule has 0 aromatic heterocycles. The van der Waals surface area contributed by atoms with Gasteiger partial charge in [0.15, 0.2) is 0 Å². The van der Waals surface area contributed by atoms with Gasteiger partial charge >= 0.3 is 0 Å². The summed E-state index contributed by atoms with van der Waals surface area (Å²) in [6.07, 6.45) is 4.30. The Hall–Kier alpha value is -0.660. The number of carbonyl (C=O) groups excluding carboxylic acids is 1. The number of rotatable bonds is 3. The summed E-state index contributed by atoms with van der Waals surface area (Å²) in [6, 6.07) is -0.621. The quantitative estimate of drug-likeness (QED) is 0.780. The van der Waals surface area contributed by atoms with Crippen LogP contribution in [0.25, 0.3) is 0 Å². The van der Waals surface area contributed by atoms with E-state index in [1.807, 2.05) is 0 Å². The molecule has 0 spiro atoms. The largest absolute Gasteiger partial charge is 0.355 e. The van der Waals surface area contributed by atoms with Crippen LogP contribution in [0.5, 0.6) is 0 Å². The van der Waals surface area contributed by atoms with Gasteiger partial charge in [-0.1, -0.05) is 6.92 Å². The van der Waals surface area contributed by atoms with E-state index >= 15 is 0 Å². The van der Waals surface area contributed by atoms with E-state index in [4.69, 9.17) is 0 Å². The highest BCUT2D eigenvalue weighted by Gasteiger charge is 2.31. The first-order chi connectivity index (χ1) is 8.99. The van der Waals surface area contributed by atoms with E-state index in [9.17, 15) is 13.2 Å². The first-order valence-electron chi connectivity index (χ1n) is 7.04. The molecule has 0 aromatic rings. The third-order valence-corrected chi connectivity index (χ3v) is 5.38. The molecule has 2 atom stereocenters. The Morgan fingerprint density at radius 3 is 2.79 bits per heavy atom. The Kier molecular flexibility index (Phi) is 4.81. The van der Waals surface area contributed by atoms with Crippen molar-refractivity contribution in [2.75, 3.05) is 19.6 Å². The summed E-state index contributed by atoms with van der Waals surface area (Å²) in [5.41, 5.74) is 0. The summed E-state index contributed by atoms with van der Waals surface area (Å²) < 4.78 is 28.6. The molecule has 6 nitrogen and oxygen atoms in total. The van der Waals surface area contributed by atoms with Crippen LogP contribution < -0.4 is 10.0 Å². The average Bonchev–Trinajstić information content (AvgIpc) is 2.55. The highest BCUT2D eigenvalue weighted by atomic mass is 32.2. The van der Waals surface area contributed by atoms with E-state index in [1.165, 1.54) is 4.31 Å². The second-order valence-electron chi connectivity index (χ2n) is 5.57. The van der Waals surface area contributed by atoms with E-state index < -0.39 is 16.3 Å². The lowest BCUT2D eigenvalue weighted by molar-refractivity contribution is -0.122. The predicted octanol–water partition coefficient (Wildman–Crippen LogP) is 0.221. The molecule has 2 rings (SSSR count). The topological polar surface area (TPSA) is 78.5 Å². The summed E-state index contributed by atoms with van der Waals surface area (Å²) >= 11 is 0. The Morgan fingerprint density at radius 1 is 1.26 bits per heavy atom. The van der Waals surface area contributed by atoms with Gasteiger partial charge in [-0.3, -0.25) is 4.79 Å². The van der Waals surface area contributed by atoms with Gasteiger partial charge in [0.1, 0.15) is 6.04 Å². The molecule has 2 aliphatic heterocycles. The van der Waals surface area contributed by atoms with Crippen LogP contribution in [0.15, 0.2) is 0 Å². The minimum atomic E-state index is -3.54. The molecule has 0 radical (unpaired) electrons. The van der Waals surface area contributed by atoms with Crippen LogP contribution in [0.4, 0.5) is 0 Å². The minimum absolute atomic E-state index is 0.203. The maximum atomic E-state index is 12.3. The molecule has 1 amide bonds. The number of hydrogen-bond donors (Lipinski definition) is 2. The van der Waals surface area contributed by atoms with Crippen LogP contribution in [-0.4, -0.2) is 44.3 Å². The molecule has 0 saturated carbocycles. The van der Waals surface area contributed by atoms with Gasteiger partial charge in [0, 0.05) is 19.6 Å². The highest BCUT2D eigenvalue weighted by Crippen LogP contribution is 2.18. The van der Waals surface area contributed by atoms with E-state index in [2.05, 4.69) is 17.0 Å². The minimum Gasteiger partial charge on any atom is -0.355 e. The standard InChI is InChI=1S/C12H23N3O3S/c1-10-5-4-8-15(9-10)19(17,18)14-11-6-2-3-7-13-12(11)16/h10-11,14H,2-9H2,1H3,(H,13,16)/t10-,11+/m1/s1. The Morgan fingerprint density at radius 2 is 2.05 bits per heavy atom. The van der Waals surface area contributed by atoms with Crippen LogP contribution in [0.1, 0.15) is 39.0 Å². The fraction of sp³-hybridized carbons (Fsp3) is 0.917. The van der Waals surface area contributed by atoms with Crippen molar-refractivity contribution in [1.82, 2.24) is 14.3 Å². The van der Waals surface area contributed by atoms with Crippen LogP contribution in [0.3, 0.4) is 0 Å². The lowest BCUT2D eigenvalue weighted by Crippen LogP contribution is -2.52. The summed E-state index contributed by atoms with van der Waals surface area (Å²) in [6.45, 7) is 3.79. The number of hydrogen-bond acceptors (Lipinski definition) is 3. The lowest BCUT2D eigenvalue weighted by Gasteiger charge is -2.31. The van der Waals surface area contributed by atoms with Crippen molar-refractivity contribution < 1.29 is 13.2 Å². The second-order valence-corrected chi connectivity index (χ2v) is 7.27. The molecule has 110 valence electrons. The van der Waals surface area contributed by atoms with Gasteiger partial charge in [-0.2, -0.15) is 17.4 Å². The van der Waals surface area contributed by atoms with Crippen molar-refractivity contribution in [3.63, 3.8) is 0 Å². The van der Waals surface area contributed by atoms with Crippen molar-refractivity contribution in [2.45, 2.75) is 45.1 Å². The van der Waals surface area contributed by atoms with Gasteiger partial charge in [-0.25, -0.2) is 0 Å². The zero-order valence-electron chi connectivity index (χ0n) is 11.4. The third kappa shape index (κ3) is 3.90. The smallest absolute Gasteiger partial charge is 0.280 e. The zero-order valence-corrected chi connectivity index (χ0v) is 12.2. The van der Waals surface area contributed by atoms with Gasteiger partial charge in [0.25, 0.3) is 10.2 Å². The molecular formula is C12H23N3O3S. The van der Waals surface area contributed by atoms with Gasteiger partial charge in [0.05, 0.1) is 0 Å². The summed E-state index contributed by atoms with van der Waals surface area (Å²) in [5, 5.41) is 2.74. The van der Waals surface area contributed by atoms with Gasteiger partial charge in [-0.15, -0.1) is 0 Å². The number of nitrogens with zero attached hydrogens (tertiary/aromatic N) is 1. The molecule has 0 unspecified atom stereocenters. The van der Waals surface area contributed by atoms with Crippen molar-refractivity contribution in [2.24, 2.45) is 5.92 Å². The molecule has 2 heterocycles. The maximum absolute atomic E-state index is 12.3. The SMILES string of the molecule is C[C@@H]1CCCN(S(=O)(=O)N[C@H]2CCCCNC2=O)C1. The van der Waals surface area contributed by atoms with Crippen LogP contribution >= 0.6 is 0 Å². The number of nitrogens with one attached hydrogen (secondary N) is 2. The first-order valence-corrected chi connectivity index (χ1v) is 8.48. The third-order valence-electron chi connectivity index (χ3n) is 3.79. The zero-order chi connectivity index (χ0) is 13.9. The number of amides is 1. The maximum Gasteiger partial charge on any atom is 0.280 e. The van der Waals surface area contributed by atoms with Crippen LogP contribution in [0, 0.1) is 5.92 Å². The van der Waals surface area contributed by atoms with Gasteiger partial charge in [-0.05, 0) is 38.0 Å². The highest BCUT2D eigenvalue weighted by molar-refractivity contribution is 7.87. The predicted molar refractivity (Wildman–Crippen MR) is 72.7 cm³/mol. The first kappa shape index (κ1) is 14.7. The van der Waals surface area contributed by atoms with Gasteiger partial charge in [0.2, 0.25) is 5.91 Å². The fourth-order valence-electron chi connectivity index (χ4n) is 2.67. The van der Waals surface area contributed by atoms with Crippen molar-refractivity contribution in [3.05, 3.63) is 0 Å². The molecule has 2 saturated heterocycles. The van der Waals surface area contributed by atoms with Crippen molar-refractivity contribution in [1.29, 1.82) is 0 Å². The molecule has 2 N–H and O–H groups in total. The van der Waals surface area contributed by atoms with Crippen molar-refractivity contribution in [3.8, 4) is 0 Å². The lowest BCUT2D eigenvalue weighted by atomic mass is 10.0. The number of piperidine rings is 1. The normalized spacial score (nSPS) is 30.7. The molecule has 2 fully saturated rings.